The standard InChI is InChI=1S/C22H28N2O.ClH/c1-18(2)21(20-11-7-4-8-12-20)22(25)24-15-13-23(14-16-24)17-19-9-5-3-6-10-19;/h3-12,18,21H,13-17H2,1-2H3;1H. The summed E-state index contributed by atoms with van der Waals surface area (Å²) in [5, 5.41) is 0. The van der Waals surface area contributed by atoms with E-state index in [1.807, 2.05) is 18.2 Å². The van der Waals surface area contributed by atoms with Gasteiger partial charge in [0.1, 0.15) is 0 Å². The Labute approximate surface area is 163 Å². The first kappa shape index (κ1) is 20.5. The van der Waals surface area contributed by atoms with Gasteiger partial charge in [0, 0.05) is 32.7 Å². The van der Waals surface area contributed by atoms with Crippen molar-refractivity contribution >= 4 is 18.3 Å². The first-order valence-electron chi connectivity index (χ1n) is 9.25. The summed E-state index contributed by atoms with van der Waals surface area (Å²) in [6.45, 7) is 8.78. The van der Waals surface area contributed by atoms with E-state index in [-0.39, 0.29) is 24.2 Å². The summed E-state index contributed by atoms with van der Waals surface area (Å²) >= 11 is 0. The molecule has 0 saturated carbocycles. The van der Waals surface area contributed by atoms with Crippen LogP contribution < -0.4 is 0 Å². The summed E-state index contributed by atoms with van der Waals surface area (Å²) in [5.41, 5.74) is 2.47. The van der Waals surface area contributed by atoms with Crippen LogP contribution in [0.25, 0.3) is 0 Å². The maximum atomic E-state index is 13.1. The van der Waals surface area contributed by atoms with Gasteiger partial charge in [-0.15, -0.1) is 12.4 Å². The molecule has 1 aliphatic heterocycles. The van der Waals surface area contributed by atoms with E-state index in [4.69, 9.17) is 0 Å². The second-order valence-corrected chi connectivity index (χ2v) is 7.22. The highest BCUT2D eigenvalue weighted by atomic mass is 35.5. The van der Waals surface area contributed by atoms with Crippen LogP contribution in [-0.4, -0.2) is 41.9 Å². The zero-order valence-corrected chi connectivity index (χ0v) is 16.5. The highest BCUT2D eigenvalue weighted by molar-refractivity contribution is 5.85. The van der Waals surface area contributed by atoms with E-state index in [1.54, 1.807) is 0 Å². The average molecular weight is 373 g/mol. The predicted octanol–water partition coefficient (Wildman–Crippen LogP) is 4.19. The molecule has 1 saturated heterocycles. The van der Waals surface area contributed by atoms with Crippen molar-refractivity contribution in [3.05, 3.63) is 71.8 Å². The number of hydrogen-bond acceptors (Lipinski definition) is 2. The Morgan fingerprint density at radius 3 is 1.96 bits per heavy atom. The van der Waals surface area contributed by atoms with Crippen molar-refractivity contribution in [1.29, 1.82) is 0 Å². The van der Waals surface area contributed by atoms with Gasteiger partial charge in [0.25, 0.3) is 0 Å². The fraction of sp³-hybridized carbons (Fsp3) is 0.409. The number of hydrogen-bond donors (Lipinski definition) is 0. The zero-order valence-electron chi connectivity index (χ0n) is 15.7. The van der Waals surface area contributed by atoms with Crippen LogP contribution in [0, 0.1) is 5.92 Å². The third-order valence-electron chi connectivity index (χ3n) is 5.02. The molecule has 1 aliphatic rings. The molecule has 1 unspecified atom stereocenters. The molecular weight excluding hydrogens is 344 g/mol. The fourth-order valence-corrected chi connectivity index (χ4v) is 3.64. The minimum absolute atomic E-state index is 0. The molecule has 3 rings (SSSR count). The normalized spacial score (nSPS) is 16.2. The Balaban J connectivity index is 0.00000243. The zero-order chi connectivity index (χ0) is 17.6. The van der Waals surface area contributed by atoms with Crippen LogP contribution >= 0.6 is 12.4 Å². The molecule has 1 fully saturated rings. The summed E-state index contributed by atoms with van der Waals surface area (Å²) in [6.07, 6.45) is 0. The van der Waals surface area contributed by atoms with Crippen LogP contribution in [0.15, 0.2) is 60.7 Å². The third-order valence-corrected chi connectivity index (χ3v) is 5.02. The molecule has 2 aromatic rings. The Morgan fingerprint density at radius 1 is 0.885 bits per heavy atom. The van der Waals surface area contributed by atoms with E-state index in [9.17, 15) is 4.79 Å². The first-order chi connectivity index (χ1) is 12.1. The summed E-state index contributed by atoms with van der Waals surface area (Å²) in [5.74, 6) is 0.541. The maximum absolute atomic E-state index is 13.1. The van der Waals surface area contributed by atoms with Crippen LogP contribution in [-0.2, 0) is 11.3 Å². The van der Waals surface area contributed by atoms with Gasteiger partial charge in [0.2, 0.25) is 5.91 Å². The minimum atomic E-state index is -0.0399. The predicted molar refractivity (Wildman–Crippen MR) is 110 cm³/mol. The van der Waals surface area contributed by atoms with E-state index >= 15 is 0 Å². The molecule has 1 heterocycles. The van der Waals surface area contributed by atoms with Crippen LogP contribution in [0.5, 0.6) is 0 Å². The summed E-state index contributed by atoms with van der Waals surface area (Å²) in [4.78, 5) is 17.6. The molecule has 26 heavy (non-hydrogen) atoms. The number of nitrogens with zero attached hydrogens (tertiary/aromatic N) is 2. The second-order valence-electron chi connectivity index (χ2n) is 7.22. The number of rotatable bonds is 5. The van der Waals surface area contributed by atoms with Crippen molar-refractivity contribution in [3.8, 4) is 0 Å². The van der Waals surface area contributed by atoms with E-state index < -0.39 is 0 Å². The lowest BCUT2D eigenvalue weighted by atomic mass is 9.87. The van der Waals surface area contributed by atoms with Crippen molar-refractivity contribution < 1.29 is 4.79 Å². The molecule has 1 atom stereocenters. The lowest BCUT2D eigenvalue weighted by Crippen LogP contribution is -2.50. The topological polar surface area (TPSA) is 23.6 Å². The van der Waals surface area contributed by atoms with E-state index in [2.05, 4.69) is 66.1 Å². The van der Waals surface area contributed by atoms with Crippen LogP contribution in [0.2, 0.25) is 0 Å². The Kier molecular flexibility index (Phi) is 7.67. The van der Waals surface area contributed by atoms with Gasteiger partial charge in [-0.1, -0.05) is 74.5 Å². The molecule has 0 aliphatic carbocycles. The number of amides is 1. The first-order valence-corrected chi connectivity index (χ1v) is 9.25. The van der Waals surface area contributed by atoms with E-state index in [0.29, 0.717) is 5.92 Å². The number of carbonyl (C=O) groups is 1. The molecule has 3 nitrogen and oxygen atoms in total. The number of carbonyl (C=O) groups excluding carboxylic acids is 1. The van der Waals surface area contributed by atoms with Crippen LogP contribution in [0.3, 0.4) is 0 Å². The van der Waals surface area contributed by atoms with Crippen molar-refractivity contribution in [2.24, 2.45) is 5.92 Å². The smallest absolute Gasteiger partial charge is 0.230 e. The lowest BCUT2D eigenvalue weighted by molar-refractivity contribution is -0.135. The second kappa shape index (κ2) is 9.75. The van der Waals surface area contributed by atoms with Gasteiger partial charge >= 0.3 is 0 Å². The quantitative estimate of drug-likeness (QED) is 0.785. The molecule has 0 N–H and O–H groups in total. The number of halogens is 1. The molecule has 4 heteroatoms. The van der Waals surface area contributed by atoms with Crippen molar-refractivity contribution in [2.75, 3.05) is 26.2 Å². The van der Waals surface area contributed by atoms with Crippen LogP contribution in [0.4, 0.5) is 0 Å². The Morgan fingerprint density at radius 2 is 1.42 bits per heavy atom. The molecule has 1 amide bonds. The molecule has 140 valence electrons. The average Bonchev–Trinajstić information content (AvgIpc) is 2.64. The van der Waals surface area contributed by atoms with Gasteiger partial charge in [-0.3, -0.25) is 9.69 Å². The molecule has 0 radical (unpaired) electrons. The van der Waals surface area contributed by atoms with E-state index in [1.165, 1.54) is 5.56 Å². The summed E-state index contributed by atoms with van der Waals surface area (Å²) < 4.78 is 0. The molecule has 0 bridgehead atoms. The SMILES string of the molecule is CC(C)C(C(=O)N1CCN(Cc2ccccc2)CC1)c1ccccc1.Cl. The molecular formula is C22H29ClN2O. The van der Waals surface area contributed by atoms with E-state index in [0.717, 1.165) is 38.3 Å². The number of piperazine rings is 1. The van der Waals surface area contributed by atoms with Gasteiger partial charge in [-0.25, -0.2) is 0 Å². The fourth-order valence-electron chi connectivity index (χ4n) is 3.64. The maximum Gasteiger partial charge on any atom is 0.230 e. The van der Waals surface area contributed by atoms with Gasteiger partial charge in [0.15, 0.2) is 0 Å². The molecule has 0 aromatic heterocycles. The van der Waals surface area contributed by atoms with Gasteiger partial charge in [-0.05, 0) is 17.0 Å². The third kappa shape index (κ3) is 5.09. The van der Waals surface area contributed by atoms with Gasteiger partial charge < -0.3 is 4.90 Å². The highest BCUT2D eigenvalue weighted by Crippen LogP contribution is 2.27. The minimum Gasteiger partial charge on any atom is -0.340 e. The lowest BCUT2D eigenvalue weighted by Gasteiger charge is -2.37. The monoisotopic (exact) mass is 372 g/mol. The Hall–Kier alpha value is -1.84. The van der Waals surface area contributed by atoms with Crippen molar-refractivity contribution in [2.45, 2.75) is 26.3 Å². The molecule has 0 spiro atoms. The van der Waals surface area contributed by atoms with Gasteiger partial charge in [-0.2, -0.15) is 0 Å². The summed E-state index contributed by atoms with van der Waals surface area (Å²) in [7, 11) is 0. The summed E-state index contributed by atoms with van der Waals surface area (Å²) in [6, 6.07) is 20.8. The Bertz CT molecular complexity index is 667. The van der Waals surface area contributed by atoms with Crippen LogP contribution in [0.1, 0.15) is 30.9 Å². The molecule has 2 aromatic carbocycles. The van der Waals surface area contributed by atoms with Gasteiger partial charge in [0.05, 0.1) is 5.92 Å². The van der Waals surface area contributed by atoms with Crippen molar-refractivity contribution in [3.63, 3.8) is 0 Å². The largest absolute Gasteiger partial charge is 0.340 e. The highest BCUT2D eigenvalue weighted by Gasteiger charge is 2.30. The number of benzene rings is 2. The van der Waals surface area contributed by atoms with Crippen molar-refractivity contribution in [1.82, 2.24) is 9.80 Å².